The topological polar surface area (TPSA) is 84.3 Å². The van der Waals surface area contributed by atoms with Crippen molar-refractivity contribution in [1.82, 2.24) is 24.8 Å². The molecule has 0 saturated carbocycles. The quantitative estimate of drug-likeness (QED) is 0.266. The van der Waals surface area contributed by atoms with Crippen molar-refractivity contribution in [3.63, 3.8) is 0 Å². The summed E-state index contributed by atoms with van der Waals surface area (Å²) in [6.07, 6.45) is 7.44. The van der Waals surface area contributed by atoms with Gasteiger partial charge in [0.05, 0.1) is 11.0 Å². The first-order valence-corrected chi connectivity index (χ1v) is 13.6. The van der Waals surface area contributed by atoms with Gasteiger partial charge < -0.3 is 24.8 Å². The number of likely N-dealkylation sites (tertiary alicyclic amines) is 1. The Bertz CT molecular complexity index is 1380. The number of amides is 1. The van der Waals surface area contributed by atoms with Crippen molar-refractivity contribution in [2.24, 2.45) is 7.05 Å². The SMILES string of the molecule is CCc1ccc(Nc2nc3cc(Oc4ccnc(C(=O)NCCCN5CCCCC5)c4)ccc3n2C)cc1. The van der Waals surface area contributed by atoms with Crippen molar-refractivity contribution < 1.29 is 9.53 Å². The van der Waals surface area contributed by atoms with Crippen LogP contribution < -0.4 is 15.4 Å². The normalized spacial score (nSPS) is 13.9. The molecule has 0 spiro atoms. The summed E-state index contributed by atoms with van der Waals surface area (Å²) in [5, 5.41) is 6.38. The standard InChI is InChI=1S/C30H36N6O2/c1-3-22-8-10-23(11-9-22)33-30-34-26-20-24(12-13-28(26)35(30)2)38-25-14-16-31-27(21-25)29(37)32-15-7-19-36-17-5-4-6-18-36/h8-14,16,20-21H,3-7,15,17-19H2,1-2H3,(H,32,37)(H,33,34). The Labute approximate surface area is 224 Å². The van der Waals surface area contributed by atoms with Crippen LogP contribution in [0.5, 0.6) is 11.5 Å². The molecule has 0 atom stereocenters. The van der Waals surface area contributed by atoms with E-state index in [1.807, 2.05) is 29.8 Å². The maximum atomic E-state index is 12.6. The number of aromatic nitrogens is 3. The Hall–Kier alpha value is -3.91. The number of ether oxygens (including phenoxy) is 1. The van der Waals surface area contributed by atoms with Gasteiger partial charge in [-0.3, -0.25) is 9.78 Å². The molecule has 0 aliphatic carbocycles. The number of aryl methyl sites for hydroxylation is 2. The number of hydrogen-bond acceptors (Lipinski definition) is 6. The number of piperidine rings is 1. The maximum absolute atomic E-state index is 12.6. The van der Waals surface area contributed by atoms with Crippen molar-refractivity contribution in [2.75, 3.05) is 31.5 Å². The Kier molecular flexibility index (Phi) is 8.19. The van der Waals surface area contributed by atoms with Gasteiger partial charge in [-0.15, -0.1) is 0 Å². The lowest BCUT2D eigenvalue weighted by Gasteiger charge is -2.26. The minimum atomic E-state index is -0.183. The predicted octanol–water partition coefficient (Wildman–Crippen LogP) is 5.67. The molecule has 8 nitrogen and oxygen atoms in total. The molecule has 8 heteroatoms. The van der Waals surface area contributed by atoms with E-state index in [9.17, 15) is 4.79 Å². The number of carbonyl (C=O) groups excluding carboxylic acids is 1. The Morgan fingerprint density at radius 3 is 2.58 bits per heavy atom. The van der Waals surface area contributed by atoms with Gasteiger partial charge in [-0.05, 0) is 81.2 Å². The number of imidazole rings is 1. The van der Waals surface area contributed by atoms with Gasteiger partial charge in [0.15, 0.2) is 0 Å². The summed E-state index contributed by atoms with van der Waals surface area (Å²) in [6, 6.07) is 17.6. The van der Waals surface area contributed by atoms with Crippen LogP contribution >= 0.6 is 0 Å². The van der Waals surface area contributed by atoms with E-state index in [2.05, 4.69) is 51.7 Å². The van der Waals surface area contributed by atoms with Crippen LogP contribution in [0.15, 0.2) is 60.8 Å². The van der Waals surface area contributed by atoms with Crippen molar-refractivity contribution in [3.8, 4) is 11.5 Å². The smallest absolute Gasteiger partial charge is 0.270 e. The van der Waals surface area contributed by atoms with Gasteiger partial charge >= 0.3 is 0 Å². The van der Waals surface area contributed by atoms with E-state index in [1.165, 1.54) is 37.9 Å². The van der Waals surface area contributed by atoms with Crippen LogP contribution in [0.25, 0.3) is 11.0 Å². The average molecular weight is 513 g/mol. The second-order valence-electron chi connectivity index (χ2n) is 9.81. The Morgan fingerprint density at radius 2 is 1.79 bits per heavy atom. The van der Waals surface area contributed by atoms with Crippen LogP contribution in [0.2, 0.25) is 0 Å². The van der Waals surface area contributed by atoms with Crippen LogP contribution in [-0.2, 0) is 13.5 Å². The fourth-order valence-corrected chi connectivity index (χ4v) is 4.82. The number of pyridine rings is 1. The molecule has 2 aromatic carbocycles. The fraction of sp³-hybridized carbons (Fsp3) is 0.367. The highest BCUT2D eigenvalue weighted by atomic mass is 16.5. The van der Waals surface area contributed by atoms with E-state index < -0.39 is 0 Å². The lowest BCUT2D eigenvalue weighted by molar-refractivity contribution is 0.0945. The minimum Gasteiger partial charge on any atom is -0.457 e. The Morgan fingerprint density at radius 1 is 1.00 bits per heavy atom. The Balaban J connectivity index is 1.20. The van der Waals surface area contributed by atoms with Gasteiger partial charge in [0.2, 0.25) is 5.95 Å². The molecular weight excluding hydrogens is 476 g/mol. The summed E-state index contributed by atoms with van der Waals surface area (Å²) in [6.45, 7) is 6.15. The highest BCUT2D eigenvalue weighted by molar-refractivity contribution is 5.92. The molecule has 1 amide bonds. The van der Waals surface area contributed by atoms with E-state index >= 15 is 0 Å². The molecule has 4 aromatic rings. The number of nitrogens with one attached hydrogen (secondary N) is 2. The zero-order chi connectivity index (χ0) is 26.3. The molecule has 198 valence electrons. The van der Waals surface area contributed by atoms with Gasteiger partial charge in [0.1, 0.15) is 17.2 Å². The summed E-state index contributed by atoms with van der Waals surface area (Å²) in [5.74, 6) is 1.78. The molecule has 38 heavy (non-hydrogen) atoms. The number of benzene rings is 2. The van der Waals surface area contributed by atoms with E-state index in [0.717, 1.165) is 42.1 Å². The summed E-state index contributed by atoms with van der Waals surface area (Å²) in [4.78, 5) is 24.1. The number of anilines is 2. The van der Waals surface area contributed by atoms with E-state index in [1.54, 1.807) is 18.3 Å². The average Bonchev–Trinajstić information content (AvgIpc) is 3.26. The van der Waals surface area contributed by atoms with E-state index in [4.69, 9.17) is 9.72 Å². The maximum Gasteiger partial charge on any atom is 0.270 e. The predicted molar refractivity (Wildman–Crippen MR) is 151 cm³/mol. The molecule has 1 aliphatic heterocycles. The third kappa shape index (κ3) is 6.31. The zero-order valence-electron chi connectivity index (χ0n) is 22.2. The van der Waals surface area contributed by atoms with Crippen molar-refractivity contribution in [3.05, 3.63) is 72.1 Å². The first-order chi connectivity index (χ1) is 18.6. The molecule has 2 N–H and O–H groups in total. The summed E-state index contributed by atoms with van der Waals surface area (Å²) in [7, 11) is 1.99. The molecule has 1 saturated heterocycles. The second kappa shape index (κ2) is 12.1. The third-order valence-corrected chi connectivity index (χ3v) is 7.06. The van der Waals surface area contributed by atoms with Gasteiger partial charge in [-0.1, -0.05) is 25.5 Å². The molecule has 0 radical (unpaired) electrons. The van der Waals surface area contributed by atoms with Crippen LogP contribution in [0, 0.1) is 0 Å². The lowest BCUT2D eigenvalue weighted by Crippen LogP contribution is -2.33. The highest BCUT2D eigenvalue weighted by Crippen LogP contribution is 2.28. The van der Waals surface area contributed by atoms with Crippen molar-refractivity contribution in [2.45, 2.75) is 39.0 Å². The summed E-state index contributed by atoms with van der Waals surface area (Å²) >= 11 is 0. The highest BCUT2D eigenvalue weighted by Gasteiger charge is 2.13. The van der Waals surface area contributed by atoms with E-state index in [-0.39, 0.29) is 5.91 Å². The number of hydrogen-bond donors (Lipinski definition) is 2. The molecule has 1 aliphatic rings. The van der Waals surface area contributed by atoms with Crippen LogP contribution in [-0.4, -0.2) is 51.5 Å². The molecule has 0 unspecified atom stereocenters. The van der Waals surface area contributed by atoms with Gasteiger partial charge in [-0.25, -0.2) is 4.98 Å². The summed E-state index contributed by atoms with van der Waals surface area (Å²) < 4.78 is 8.10. The number of carbonyl (C=O) groups is 1. The van der Waals surface area contributed by atoms with Crippen molar-refractivity contribution >= 4 is 28.6 Å². The molecule has 0 bridgehead atoms. The largest absolute Gasteiger partial charge is 0.457 e. The van der Waals surface area contributed by atoms with Gasteiger partial charge in [-0.2, -0.15) is 0 Å². The monoisotopic (exact) mass is 512 g/mol. The molecule has 3 heterocycles. The minimum absolute atomic E-state index is 0.183. The molecule has 1 fully saturated rings. The van der Waals surface area contributed by atoms with Crippen LogP contribution in [0.4, 0.5) is 11.6 Å². The zero-order valence-corrected chi connectivity index (χ0v) is 22.2. The van der Waals surface area contributed by atoms with Crippen molar-refractivity contribution in [1.29, 1.82) is 0 Å². The first-order valence-electron chi connectivity index (χ1n) is 13.6. The second-order valence-corrected chi connectivity index (χ2v) is 9.81. The number of nitrogens with zero attached hydrogens (tertiary/aromatic N) is 4. The molecule has 5 rings (SSSR count). The number of rotatable bonds is 10. The first kappa shape index (κ1) is 25.7. The fourth-order valence-electron chi connectivity index (χ4n) is 4.82. The molecule has 2 aromatic heterocycles. The van der Waals surface area contributed by atoms with E-state index in [0.29, 0.717) is 23.7 Å². The lowest BCUT2D eigenvalue weighted by atomic mass is 10.1. The van der Waals surface area contributed by atoms with Crippen LogP contribution in [0.3, 0.4) is 0 Å². The number of fused-ring (bicyclic) bond motifs is 1. The van der Waals surface area contributed by atoms with Gasteiger partial charge in [0.25, 0.3) is 5.91 Å². The van der Waals surface area contributed by atoms with Gasteiger partial charge in [0, 0.05) is 37.6 Å². The van der Waals surface area contributed by atoms with Crippen LogP contribution in [0.1, 0.15) is 48.7 Å². The molecular formula is C30H36N6O2. The third-order valence-electron chi connectivity index (χ3n) is 7.06. The summed E-state index contributed by atoms with van der Waals surface area (Å²) in [5.41, 5.74) is 4.45.